The third kappa shape index (κ3) is 3.87. The van der Waals surface area contributed by atoms with E-state index in [-0.39, 0.29) is 5.41 Å². The molecule has 3 N–H and O–H groups in total. The summed E-state index contributed by atoms with van der Waals surface area (Å²) in [4.78, 5) is 0. The van der Waals surface area contributed by atoms with Crippen LogP contribution in [0.5, 0.6) is 0 Å². The minimum Gasteiger partial charge on any atom is -0.408 e. The minimum absolute atomic E-state index is 0.239. The lowest BCUT2D eigenvalue weighted by Gasteiger charge is -2.21. The molecule has 0 aromatic carbocycles. The molecule has 0 saturated heterocycles. The second-order valence-corrected chi connectivity index (χ2v) is 4.41. The Bertz CT molecular complexity index is 295. The molecule has 0 aliphatic heterocycles. The van der Waals surface area contributed by atoms with Crippen LogP contribution >= 0.6 is 0 Å². The minimum atomic E-state index is 0.239. The number of nitrogens with zero attached hydrogens (tertiary/aromatic N) is 2. The van der Waals surface area contributed by atoms with Crippen molar-refractivity contribution in [3.8, 4) is 0 Å². The van der Waals surface area contributed by atoms with Gasteiger partial charge in [-0.15, -0.1) is 5.10 Å². The lowest BCUT2D eigenvalue weighted by molar-refractivity contribution is 0.371. The van der Waals surface area contributed by atoms with Crippen LogP contribution in [0.3, 0.4) is 0 Å². The van der Waals surface area contributed by atoms with Crippen molar-refractivity contribution in [1.82, 2.24) is 10.2 Å². The highest BCUT2D eigenvalue weighted by Gasteiger charge is 2.16. The van der Waals surface area contributed by atoms with Gasteiger partial charge in [0.1, 0.15) is 0 Å². The Morgan fingerprint density at radius 3 is 2.73 bits per heavy atom. The molecule has 5 nitrogen and oxygen atoms in total. The van der Waals surface area contributed by atoms with E-state index in [0.717, 1.165) is 13.0 Å². The monoisotopic (exact) mass is 212 g/mol. The quantitative estimate of drug-likeness (QED) is 0.745. The highest BCUT2D eigenvalue weighted by Crippen LogP contribution is 2.20. The fourth-order valence-corrected chi connectivity index (χ4v) is 0.989. The van der Waals surface area contributed by atoms with E-state index in [1.807, 2.05) is 0 Å². The predicted molar refractivity (Wildman–Crippen MR) is 59.6 cm³/mol. The number of anilines is 1. The van der Waals surface area contributed by atoms with E-state index in [9.17, 15) is 0 Å². The van der Waals surface area contributed by atoms with Gasteiger partial charge < -0.3 is 15.5 Å². The number of aromatic nitrogens is 2. The third-order valence-electron chi connectivity index (χ3n) is 2.50. The Kier molecular flexibility index (Phi) is 4.08. The van der Waals surface area contributed by atoms with Crippen molar-refractivity contribution in [2.75, 3.05) is 18.4 Å². The molecule has 15 heavy (non-hydrogen) atoms. The van der Waals surface area contributed by atoms with Gasteiger partial charge in [0.25, 0.3) is 0 Å². The van der Waals surface area contributed by atoms with E-state index >= 15 is 0 Å². The molecule has 0 aliphatic carbocycles. The zero-order valence-corrected chi connectivity index (χ0v) is 9.71. The first-order valence-corrected chi connectivity index (χ1v) is 5.34. The van der Waals surface area contributed by atoms with E-state index in [4.69, 9.17) is 10.2 Å². The average Bonchev–Trinajstić information content (AvgIpc) is 2.64. The van der Waals surface area contributed by atoms with Crippen molar-refractivity contribution in [3.63, 3.8) is 0 Å². The predicted octanol–water partition coefficient (Wildman–Crippen LogP) is 1.42. The van der Waals surface area contributed by atoms with Crippen LogP contribution in [0.1, 0.15) is 33.1 Å². The van der Waals surface area contributed by atoms with Crippen molar-refractivity contribution in [2.24, 2.45) is 11.1 Å². The van der Waals surface area contributed by atoms with E-state index in [1.165, 1.54) is 0 Å². The molecule has 0 atom stereocenters. The van der Waals surface area contributed by atoms with Crippen LogP contribution in [0, 0.1) is 5.41 Å². The number of hydrogen-bond acceptors (Lipinski definition) is 5. The Morgan fingerprint density at radius 2 is 2.13 bits per heavy atom. The SMILES string of the molecule is CCC(C)(C)CNc1nnc(CCN)o1. The molecule has 0 spiro atoms. The molecular weight excluding hydrogens is 192 g/mol. The zero-order chi connectivity index (χ0) is 11.3. The summed E-state index contributed by atoms with van der Waals surface area (Å²) in [5, 5.41) is 10.9. The molecule has 0 aliphatic rings. The maximum Gasteiger partial charge on any atom is 0.315 e. The number of nitrogens with one attached hydrogen (secondary N) is 1. The Labute approximate surface area is 90.4 Å². The van der Waals surface area contributed by atoms with Crippen LogP contribution in [0.15, 0.2) is 4.42 Å². The summed E-state index contributed by atoms with van der Waals surface area (Å²) in [6.07, 6.45) is 1.73. The van der Waals surface area contributed by atoms with Crippen LogP contribution in [0.4, 0.5) is 6.01 Å². The van der Waals surface area contributed by atoms with Crippen LogP contribution in [0.2, 0.25) is 0 Å². The van der Waals surface area contributed by atoms with Crippen LogP contribution in [0.25, 0.3) is 0 Å². The van der Waals surface area contributed by atoms with Gasteiger partial charge in [-0.05, 0) is 11.8 Å². The van der Waals surface area contributed by atoms with Crippen molar-refractivity contribution < 1.29 is 4.42 Å². The van der Waals surface area contributed by atoms with Gasteiger partial charge in [0.2, 0.25) is 5.89 Å². The fourth-order valence-electron chi connectivity index (χ4n) is 0.989. The molecule has 5 heteroatoms. The summed E-state index contributed by atoms with van der Waals surface area (Å²) in [6, 6.07) is 0.486. The molecule has 0 radical (unpaired) electrons. The molecule has 0 amide bonds. The highest BCUT2D eigenvalue weighted by molar-refractivity contribution is 5.17. The number of rotatable bonds is 6. The van der Waals surface area contributed by atoms with Gasteiger partial charge in [0.05, 0.1) is 0 Å². The van der Waals surface area contributed by atoms with Crippen LogP contribution in [-0.2, 0) is 6.42 Å². The van der Waals surface area contributed by atoms with Crippen molar-refractivity contribution in [2.45, 2.75) is 33.6 Å². The maximum absolute atomic E-state index is 5.39. The van der Waals surface area contributed by atoms with Gasteiger partial charge in [-0.25, -0.2) is 0 Å². The van der Waals surface area contributed by atoms with Crippen molar-refractivity contribution in [1.29, 1.82) is 0 Å². The van der Waals surface area contributed by atoms with Gasteiger partial charge in [0.15, 0.2) is 0 Å². The molecule has 1 aromatic rings. The lowest BCUT2D eigenvalue weighted by atomic mass is 9.90. The Morgan fingerprint density at radius 1 is 1.40 bits per heavy atom. The molecular formula is C10H20N4O. The Hall–Kier alpha value is -1.10. The van der Waals surface area contributed by atoms with Gasteiger partial charge in [-0.1, -0.05) is 25.9 Å². The van der Waals surface area contributed by atoms with Gasteiger partial charge in [0, 0.05) is 19.5 Å². The summed E-state index contributed by atoms with van der Waals surface area (Å²) in [5.74, 6) is 0.592. The molecule has 0 fully saturated rings. The smallest absolute Gasteiger partial charge is 0.315 e. The molecule has 0 bridgehead atoms. The van der Waals surface area contributed by atoms with E-state index in [2.05, 4.69) is 36.3 Å². The first kappa shape index (κ1) is 12.0. The zero-order valence-electron chi connectivity index (χ0n) is 9.71. The molecule has 1 rings (SSSR count). The van der Waals surface area contributed by atoms with Crippen LogP contribution < -0.4 is 11.1 Å². The standard InChI is InChI=1S/C10H20N4O/c1-4-10(2,3)7-12-9-14-13-8(15-9)5-6-11/h4-7,11H2,1-3H3,(H,12,14). The van der Waals surface area contributed by atoms with Crippen molar-refractivity contribution in [3.05, 3.63) is 5.89 Å². The molecule has 0 unspecified atom stereocenters. The summed E-state index contributed by atoms with van der Waals surface area (Å²) < 4.78 is 5.35. The largest absolute Gasteiger partial charge is 0.408 e. The average molecular weight is 212 g/mol. The normalized spacial score (nSPS) is 11.7. The third-order valence-corrected chi connectivity index (χ3v) is 2.50. The summed E-state index contributed by atoms with van der Waals surface area (Å²) in [6.45, 7) is 7.90. The highest BCUT2D eigenvalue weighted by atomic mass is 16.4. The number of nitrogens with two attached hydrogens (primary N) is 1. The van der Waals surface area contributed by atoms with Crippen molar-refractivity contribution >= 4 is 6.01 Å². The number of hydrogen-bond donors (Lipinski definition) is 2. The van der Waals surface area contributed by atoms with E-state index in [1.54, 1.807) is 0 Å². The molecule has 0 saturated carbocycles. The van der Waals surface area contributed by atoms with E-state index < -0.39 is 0 Å². The molecule has 1 heterocycles. The molecule has 86 valence electrons. The molecule has 1 aromatic heterocycles. The summed E-state index contributed by atoms with van der Waals surface area (Å²) in [5.41, 5.74) is 5.62. The summed E-state index contributed by atoms with van der Waals surface area (Å²) in [7, 11) is 0. The second-order valence-electron chi connectivity index (χ2n) is 4.41. The van der Waals surface area contributed by atoms with Crippen LogP contribution in [-0.4, -0.2) is 23.3 Å². The first-order chi connectivity index (χ1) is 7.07. The van der Waals surface area contributed by atoms with E-state index in [0.29, 0.717) is 24.9 Å². The second kappa shape index (κ2) is 5.11. The maximum atomic E-state index is 5.39. The van der Waals surface area contributed by atoms with Gasteiger partial charge in [-0.2, -0.15) is 0 Å². The fraction of sp³-hybridized carbons (Fsp3) is 0.800. The topological polar surface area (TPSA) is 77.0 Å². The first-order valence-electron chi connectivity index (χ1n) is 5.34. The van der Waals surface area contributed by atoms with Gasteiger partial charge >= 0.3 is 6.01 Å². The lowest BCUT2D eigenvalue weighted by Crippen LogP contribution is -2.22. The summed E-state index contributed by atoms with van der Waals surface area (Å²) >= 11 is 0. The Balaban J connectivity index is 2.44. The van der Waals surface area contributed by atoms with Gasteiger partial charge in [-0.3, -0.25) is 0 Å².